The monoisotopic (exact) mass is 273 g/mol. The van der Waals surface area contributed by atoms with E-state index in [0.29, 0.717) is 12.5 Å². The molecule has 0 aliphatic heterocycles. The average molecular weight is 273 g/mol. The van der Waals surface area contributed by atoms with Crippen molar-refractivity contribution < 1.29 is 5.11 Å². The van der Waals surface area contributed by atoms with Gasteiger partial charge in [0.1, 0.15) is 5.82 Å². The Balaban J connectivity index is 2.12. The van der Waals surface area contributed by atoms with Crippen molar-refractivity contribution in [2.45, 2.75) is 44.7 Å². The topological polar surface area (TPSA) is 64.1 Å². The molecule has 1 fully saturated rings. The molecule has 1 aromatic carbocycles. The normalized spacial score (nSPS) is 27.1. The van der Waals surface area contributed by atoms with Crippen molar-refractivity contribution >= 4 is 11.0 Å². The van der Waals surface area contributed by atoms with Crippen LogP contribution in [0.2, 0.25) is 0 Å². The third-order valence-corrected chi connectivity index (χ3v) is 4.46. The lowest BCUT2D eigenvalue weighted by Crippen LogP contribution is -2.43. The van der Waals surface area contributed by atoms with E-state index in [2.05, 4.69) is 17.6 Å². The van der Waals surface area contributed by atoms with Crippen molar-refractivity contribution in [3.63, 3.8) is 0 Å². The lowest BCUT2D eigenvalue weighted by molar-refractivity contribution is 0.215. The maximum absolute atomic E-state index is 9.37. The van der Waals surface area contributed by atoms with Crippen LogP contribution in [-0.2, 0) is 12.1 Å². The maximum Gasteiger partial charge on any atom is 0.130 e. The number of para-hydroxylation sites is 2. The second-order valence-corrected chi connectivity index (χ2v) is 6.16. The molecular weight excluding hydrogens is 250 g/mol. The molecule has 1 aromatic heterocycles. The highest BCUT2D eigenvalue weighted by atomic mass is 16.3. The summed E-state index contributed by atoms with van der Waals surface area (Å²) in [5.74, 6) is 1.58. The Bertz CT molecular complexity index is 607. The number of hydrogen-bond donors (Lipinski definition) is 2. The fourth-order valence-electron chi connectivity index (χ4n) is 3.58. The Hall–Kier alpha value is -1.39. The zero-order valence-corrected chi connectivity index (χ0v) is 12.0. The van der Waals surface area contributed by atoms with Gasteiger partial charge in [0, 0.05) is 6.54 Å². The molecule has 108 valence electrons. The Morgan fingerprint density at radius 2 is 2.25 bits per heavy atom. The fourth-order valence-corrected chi connectivity index (χ4v) is 3.58. The number of aromatic nitrogens is 2. The van der Waals surface area contributed by atoms with Crippen LogP contribution < -0.4 is 5.73 Å². The molecule has 2 atom stereocenters. The van der Waals surface area contributed by atoms with Crippen molar-refractivity contribution in [3.05, 3.63) is 30.1 Å². The summed E-state index contributed by atoms with van der Waals surface area (Å²) in [6.45, 7) is 2.93. The summed E-state index contributed by atoms with van der Waals surface area (Å²) < 4.78 is 2.10. The highest BCUT2D eigenvalue weighted by Crippen LogP contribution is 2.38. The Labute approximate surface area is 119 Å². The van der Waals surface area contributed by atoms with E-state index in [1.807, 2.05) is 18.2 Å². The highest BCUT2D eigenvalue weighted by molar-refractivity contribution is 5.76. The number of aliphatic hydroxyl groups excluding tert-OH is 1. The summed E-state index contributed by atoms with van der Waals surface area (Å²) in [5.41, 5.74) is 8.39. The number of nitrogens with two attached hydrogens (primary N) is 1. The first-order valence-electron chi connectivity index (χ1n) is 7.49. The van der Waals surface area contributed by atoms with Crippen LogP contribution in [0, 0.1) is 5.92 Å². The van der Waals surface area contributed by atoms with Crippen LogP contribution in [0.15, 0.2) is 24.3 Å². The van der Waals surface area contributed by atoms with Crippen molar-refractivity contribution in [1.82, 2.24) is 9.55 Å². The summed E-state index contributed by atoms with van der Waals surface area (Å²) in [6, 6.07) is 8.07. The van der Waals surface area contributed by atoms with Crippen molar-refractivity contribution in [1.29, 1.82) is 0 Å². The second kappa shape index (κ2) is 5.19. The number of imidazole rings is 1. The largest absolute Gasteiger partial charge is 0.395 e. The van der Waals surface area contributed by atoms with E-state index in [4.69, 9.17) is 10.7 Å². The molecule has 0 saturated heterocycles. The third-order valence-electron chi connectivity index (χ3n) is 4.46. The Kier molecular flexibility index (Phi) is 3.52. The van der Waals surface area contributed by atoms with Gasteiger partial charge in [0.05, 0.1) is 23.2 Å². The fraction of sp³-hybridized carbons (Fsp3) is 0.562. The molecule has 0 amide bonds. The van der Waals surface area contributed by atoms with Crippen LogP contribution in [-0.4, -0.2) is 21.3 Å². The molecule has 4 nitrogen and oxygen atoms in total. The van der Waals surface area contributed by atoms with Gasteiger partial charge in [-0.05, 0) is 30.9 Å². The number of nitrogens with zero attached hydrogens (tertiary/aromatic N) is 2. The van der Waals surface area contributed by atoms with Gasteiger partial charge < -0.3 is 15.4 Å². The first-order valence-corrected chi connectivity index (χ1v) is 7.49. The lowest BCUT2D eigenvalue weighted by atomic mass is 9.76. The number of benzene rings is 1. The maximum atomic E-state index is 9.37. The molecule has 0 bridgehead atoms. The second-order valence-electron chi connectivity index (χ2n) is 6.16. The standard InChI is InChI=1S/C16H23N3O/c1-12-5-4-8-16(17,11-12)15-18-13-6-2-3-7-14(13)19(15)9-10-20/h2-3,6-7,12,20H,4-5,8-11,17H2,1H3. The van der Waals surface area contributed by atoms with Crippen LogP contribution in [0.25, 0.3) is 11.0 Å². The van der Waals surface area contributed by atoms with Gasteiger partial charge in [-0.1, -0.05) is 31.9 Å². The van der Waals surface area contributed by atoms with Gasteiger partial charge in [-0.15, -0.1) is 0 Å². The average Bonchev–Trinajstić information content (AvgIpc) is 2.79. The molecule has 0 spiro atoms. The molecule has 2 aromatic rings. The zero-order valence-electron chi connectivity index (χ0n) is 12.0. The number of fused-ring (bicyclic) bond motifs is 1. The SMILES string of the molecule is CC1CCCC(N)(c2nc3ccccc3n2CCO)C1. The molecule has 20 heavy (non-hydrogen) atoms. The molecule has 3 rings (SSSR count). The van der Waals surface area contributed by atoms with E-state index in [9.17, 15) is 5.11 Å². The van der Waals surface area contributed by atoms with Crippen molar-refractivity contribution in [2.75, 3.05) is 6.61 Å². The number of rotatable bonds is 3. The lowest BCUT2D eigenvalue weighted by Gasteiger charge is -2.36. The van der Waals surface area contributed by atoms with Gasteiger partial charge in [0.2, 0.25) is 0 Å². The van der Waals surface area contributed by atoms with Crippen LogP contribution >= 0.6 is 0 Å². The quantitative estimate of drug-likeness (QED) is 0.902. The summed E-state index contributed by atoms with van der Waals surface area (Å²) in [4.78, 5) is 4.79. The smallest absolute Gasteiger partial charge is 0.130 e. The molecule has 1 heterocycles. The molecular formula is C16H23N3O. The molecule has 1 aliphatic rings. The van der Waals surface area contributed by atoms with E-state index in [0.717, 1.165) is 36.1 Å². The van der Waals surface area contributed by atoms with Crippen LogP contribution in [0.1, 0.15) is 38.4 Å². The van der Waals surface area contributed by atoms with Gasteiger partial charge >= 0.3 is 0 Å². The molecule has 3 N–H and O–H groups in total. The van der Waals surface area contributed by atoms with Crippen molar-refractivity contribution in [2.24, 2.45) is 11.7 Å². The Morgan fingerprint density at radius 3 is 3.00 bits per heavy atom. The zero-order chi connectivity index (χ0) is 14.2. The van der Waals surface area contributed by atoms with Gasteiger partial charge in [-0.25, -0.2) is 4.98 Å². The van der Waals surface area contributed by atoms with E-state index in [1.54, 1.807) is 0 Å². The predicted octanol–water partition coefficient (Wildman–Crippen LogP) is 2.39. The van der Waals surface area contributed by atoms with E-state index >= 15 is 0 Å². The minimum atomic E-state index is -0.355. The van der Waals surface area contributed by atoms with Crippen molar-refractivity contribution in [3.8, 4) is 0 Å². The minimum Gasteiger partial charge on any atom is -0.395 e. The molecule has 1 aliphatic carbocycles. The van der Waals surface area contributed by atoms with Crippen LogP contribution in [0.3, 0.4) is 0 Å². The first kappa shape index (κ1) is 13.6. The minimum absolute atomic E-state index is 0.110. The highest BCUT2D eigenvalue weighted by Gasteiger charge is 2.37. The molecule has 2 unspecified atom stereocenters. The number of aliphatic hydroxyl groups is 1. The van der Waals surface area contributed by atoms with Gasteiger partial charge in [-0.3, -0.25) is 0 Å². The first-order chi connectivity index (χ1) is 9.64. The summed E-state index contributed by atoms with van der Waals surface area (Å²) in [7, 11) is 0. The predicted molar refractivity (Wildman–Crippen MR) is 80.3 cm³/mol. The van der Waals surface area contributed by atoms with Gasteiger partial charge in [0.25, 0.3) is 0 Å². The van der Waals surface area contributed by atoms with E-state index in [-0.39, 0.29) is 12.1 Å². The van der Waals surface area contributed by atoms with E-state index in [1.165, 1.54) is 6.42 Å². The molecule has 1 saturated carbocycles. The molecule has 4 heteroatoms. The van der Waals surface area contributed by atoms with Crippen LogP contribution in [0.4, 0.5) is 0 Å². The van der Waals surface area contributed by atoms with Gasteiger partial charge in [0.15, 0.2) is 0 Å². The van der Waals surface area contributed by atoms with Gasteiger partial charge in [-0.2, -0.15) is 0 Å². The summed E-state index contributed by atoms with van der Waals surface area (Å²) in [5, 5.41) is 9.37. The van der Waals surface area contributed by atoms with E-state index < -0.39 is 0 Å². The summed E-state index contributed by atoms with van der Waals surface area (Å²) in [6.07, 6.45) is 4.35. The Morgan fingerprint density at radius 1 is 1.45 bits per heavy atom. The number of hydrogen-bond acceptors (Lipinski definition) is 3. The molecule has 0 radical (unpaired) electrons. The summed E-state index contributed by atoms with van der Waals surface area (Å²) >= 11 is 0. The third kappa shape index (κ3) is 2.23. The van der Waals surface area contributed by atoms with Crippen LogP contribution in [0.5, 0.6) is 0 Å².